The van der Waals surface area contributed by atoms with Crippen LogP contribution in [0.5, 0.6) is 5.75 Å². The van der Waals surface area contributed by atoms with Crippen LogP contribution in [0.2, 0.25) is 5.02 Å². The largest absolute Gasteiger partial charge is 0.497 e. The predicted octanol–water partition coefficient (Wildman–Crippen LogP) is 4.66. The van der Waals surface area contributed by atoms with Crippen LogP contribution in [-0.4, -0.2) is 11.7 Å². The number of aromatic nitrogens is 1. The number of hydrogen-bond donors (Lipinski definition) is 0. The van der Waals surface area contributed by atoms with Crippen molar-refractivity contribution in [1.82, 2.24) is 4.57 Å². The Labute approximate surface area is 123 Å². The van der Waals surface area contributed by atoms with E-state index in [2.05, 4.69) is 35.8 Å². The summed E-state index contributed by atoms with van der Waals surface area (Å²) in [6.07, 6.45) is 0. The van der Waals surface area contributed by atoms with E-state index in [0.717, 1.165) is 17.3 Å². The maximum atomic E-state index is 6.05. The van der Waals surface area contributed by atoms with Crippen molar-refractivity contribution < 1.29 is 4.74 Å². The molecule has 0 unspecified atom stereocenters. The normalized spacial score (nSPS) is 10.9. The van der Waals surface area contributed by atoms with Gasteiger partial charge in [0.25, 0.3) is 0 Å². The summed E-state index contributed by atoms with van der Waals surface area (Å²) in [4.78, 5) is 0. The Hall–Kier alpha value is -1.93. The zero-order chi connectivity index (χ0) is 14.1. The highest BCUT2D eigenvalue weighted by molar-refractivity contribution is 6.31. The van der Waals surface area contributed by atoms with E-state index in [1.807, 2.05) is 24.3 Å². The molecule has 0 saturated heterocycles. The topological polar surface area (TPSA) is 14.2 Å². The molecule has 1 aromatic heterocycles. The highest BCUT2D eigenvalue weighted by Gasteiger charge is 2.07. The van der Waals surface area contributed by atoms with Gasteiger partial charge in [-0.15, -0.1) is 0 Å². The summed E-state index contributed by atoms with van der Waals surface area (Å²) >= 11 is 6.05. The molecule has 0 aliphatic carbocycles. The number of aryl methyl sites for hydroxylation is 1. The molecule has 3 aromatic rings. The first-order valence-electron chi connectivity index (χ1n) is 6.56. The van der Waals surface area contributed by atoms with Crippen molar-refractivity contribution in [2.45, 2.75) is 13.5 Å². The standard InChI is InChI=1S/C17H16ClNO/c1-12-8-14-10-15(18)6-7-17(14)19(12)11-13-4-3-5-16(9-13)20-2/h3-10H,11H2,1-2H3. The van der Waals surface area contributed by atoms with Gasteiger partial charge in [0.15, 0.2) is 0 Å². The summed E-state index contributed by atoms with van der Waals surface area (Å²) in [5.41, 5.74) is 3.65. The lowest BCUT2D eigenvalue weighted by Gasteiger charge is -2.10. The molecule has 0 atom stereocenters. The van der Waals surface area contributed by atoms with E-state index in [1.165, 1.54) is 22.2 Å². The van der Waals surface area contributed by atoms with Gasteiger partial charge in [0, 0.05) is 28.2 Å². The summed E-state index contributed by atoms with van der Waals surface area (Å²) in [5, 5.41) is 1.95. The van der Waals surface area contributed by atoms with Crippen molar-refractivity contribution in [2.24, 2.45) is 0 Å². The van der Waals surface area contributed by atoms with Crippen LogP contribution in [0.25, 0.3) is 10.9 Å². The number of rotatable bonds is 3. The minimum atomic E-state index is 0.774. The van der Waals surface area contributed by atoms with Crippen molar-refractivity contribution in [3.63, 3.8) is 0 Å². The molecule has 0 saturated carbocycles. The SMILES string of the molecule is COc1cccc(Cn2c(C)cc3cc(Cl)ccc32)c1. The number of halogens is 1. The third kappa shape index (κ3) is 2.39. The molecule has 0 bridgehead atoms. The fraction of sp³-hybridized carbons (Fsp3) is 0.176. The van der Waals surface area contributed by atoms with Gasteiger partial charge in [0.05, 0.1) is 7.11 Å². The Morgan fingerprint density at radius 3 is 2.75 bits per heavy atom. The van der Waals surface area contributed by atoms with Gasteiger partial charge < -0.3 is 9.30 Å². The van der Waals surface area contributed by atoms with Crippen molar-refractivity contribution >= 4 is 22.5 Å². The second kappa shape index (κ2) is 5.22. The smallest absolute Gasteiger partial charge is 0.119 e. The molecule has 1 heterocycles. The zero-order valence-corrected chi connectivity index (χ0v) is 12.3. The summed E-state index contributed by atoms with van der Waals surface area (Å²) in [6, 6.07) is 16.4. The number of nitrogens with zero attached hydrogens (tertiary/aromatic N) is 1. The highest BCUT2D eigenvalue weighted by Crippen LogP contribution is 2.24. The molecule has 0 aliphatic rings. The van der Waals surface area contributed by atoms with Gasteiger partial charge in [-0.1, -0.05) is 23.7 Å². The molecular weight excluding hydrogens is 270 g/mol. The average molecular weight is 286 g/mol. The van der Waals surface area contributed by atoms with E-state index in [0.29, 0.717) is 0 Å². The van der Waals surface area contributed by atoms with Gasteiger partial charge in [-0.05, 0) is 48.9 Å². The Balaban J connectivity index is 2.03. The van der Waals surface area contributed by atoms with Gasteiger partial charge in [-0.25, -0.2) is 0 Å². The lowest BCUT2D eigenvalue weighted by atomic mass is 10.2. The predicted molar refractivity (Wildman–Crippen MR) is 83.8 cm³/mol. The molecule has 2 aromatic carbocycles. The molecule has 3 heteroatoms. The van der Waals surface area contributed by atoms with Gasteiger partial charge in [0.2, 0.25) is 0 Å². The molecule has 2 nitrogen and oxygen atoms in total. The number of fused-ring (bicyclic) bond motifs is 1. The van der Waals surface area contributed by atoms with E-state index in [1.54, 1.807) is 7.11 Å². The second-order valence-electron chi connectivity index (χ2n) is 4.93. The Morgan fingerprint density at radius 2 is 1.95 bits per heavy atom. The van der Waals surface area contributed by atoms with Crippen LogP contribution in [0.1, 0.15) is 11.3 Å². The minimum Gasteiger partial charge on any atom is -0.497 e. The van der Waals surface area contributed by atoms with Crippen LogP contribution in [0.4, 0.5) is 0 Å². The van der Waals surface area contributed by atoms with Gasteiger partial charge in [0.1, 0.15) is 5.75 Å². The molecule has 0 aliphatic heterocycles. The lowest BCUT2D eigenvalue weighted by Crippen LogP contribution is -2.01. The third-order valence-corrected chi connectivity index (χ3v) is 3.78. The van der Waals surface area contributed by atoms with E-state index < -0.39 is 0 Å². The van der Waals surface area contributed by atoms with E-state index >= 15 is 0 Å². The molecule has 3 rings (SSSR count). The van der Waals surface area contributed by atoms with Crippen LogP contribution in [0, 0.1) is 6.92 Å². The van der Waals surface area contributed by atoms with Crippen LogP contribution in [-0.2, 0) is 6.54 Å². The Morgan fingerprint density at radius 1 is 1.10 bits per heavy atom. The first-order valence-corrected chi connectivity index (χ1v) is 6.93. The zero-order valence-electron chi connectivity index (χ0n) is 11.6. The quantitative estimate of drug-likeness (QED) is 0.683. The molecule has 0 spiro atoms. The number of methoxy groups -OCH3 is 1. The van der Waals surface area contributed by atoms with Gasteiger partial charge in [-0.3, -0.25) is 0 Å². The van der Waals surface area contributed by atoms with Gasteiger partial charge >= 0.3 is 0 Å². The molecular formula is C17H16ClNO. The molecule has 102 valence electrons. The van der Waals surface area contributed by atoms with Crippen molar-refractivity contribution in [3.05, 3.63) is 64.8 Å². The van der Waals surface area contributed by atoms with Crippen molar-refractivity contribution in [3.8, 4) is 5.75 Å². The number of benzene rings is 2. The van der Waals surface area contributed by atoms with Crippen molar-refractivity contribution in [2.75, 3.05) is 7.11 Å². The summed E-state index contributed by atoms with van der Waals surface area (Å²) < 4.78 is 7.57. The number of hydrogen-bond acceptors (Lipinski definition) is 1. The van der Waals surface area contributed by atoms with Crippen LogP contribution >= 0.6 is 11.6 Å². The highest BCUT2D eigenvalue weighted by atomic mass is 35.5. The first-order chi connectivity index (χ1) is 9.67. The molecule has 0 fully saturated rings. The first kappa shape index (κ1) is 13.1. The molecule has 0 radical (unpaired) electrons. The van der Waals surface area contributed by atoms with Crippen molar-refractivity contribution in [1.29, 1.82) is 0 Å². The average Bonchev–Trinajstić information content (AvgIpc) is 2.74. The Kier molecular flexibility index (Phi) is 3.41. The molecule has 0 N–H and O–H groups in total. The fourth-order valence-corrected chi connectivity index (χ4v) is 2.72. The van der Waals surface area contributed by atoms with Gasteiger partial charge in [-0.2, -0.15) is 0 Å². The molecule has 20 heavy (non-hydrogen) atoms. The second-order valence-corrected chi connectivity index (χ2v) is 5.36. The molecule has 0 amide bonds. The summed E-state index contributed by atoms with van der Waals surface area (Å²) in [6.45, 7) is 2.95. The number of ether oxygens (including phenoxy) is 1. The van der Waals surface area contributed by atoms with Crippen LogP contribution < -0.4 is 4.74 Å². The van der Waals surface area contributed by atoms with Crippen LogP contribution in [0.15, 0.2) is 48.5 Å². The fourth-order valence-electron chi connectivity index (χ4n) is 2.54. The monoisotopic (exact) mass is 285 g/mol. The maximum Gasteiger partial charge on any atom is 0.119 e. The van der Waals surface area contributed by atoms with E-state index in [9.17, 15) is 0 Å². The van der Waals surface area contributed by atoms with Crippen LogP contribution in [0.3, 0.4) is 0 Å². The van der Waals surface area contributed by atoms with E-state index in [-0.39, 0.29) is 0 Å². The Bertz CT molecular complexity index is 761. The minimum absolute atomic E-state index is 0.774. The maximum absolute atomic E-state index is 6.05. The summed E-state index contributed by atoms with van der Waals surface area (Å²) in [7, 11) is 1.69. The van der Waals surface area contributed by atoms with E-state index in [4.69, 9.17) is 16.3 Å². The lowest BCUT2D eigenvalue weighted by molar-refractivity contribution is 0.414. The summed E-state index contributed by atoms with van der Waals surface area (Å²) in [5.74, 6) is 0.889. The third-order valence-electron chi connectivity index (χ3n) is 3.55.